The van der Waals surface area contributed by atoms with Crippen LogP contribution in [0.3, 0.4) is 0 Å². The van der Waals surface area contributed by atoms with Gasteiger partial charge in [-0.25, -0.2) is 0 Å². The van der Waals surface area contributed by atoms with Crippen molar-refractivity contribution >= 4 is 11.9 Å². The molecule has 0 saturated carbocycles. The number of benzene rings is 1. The van der Waals surface area contributed by atoms with Crippen LogP contribution in [0, 0.1) is 16.2 Å². The van der Waals surface area contributed by atoms with E-state index >= 15 is 0 Å². The summed E-state index contributed by atoms with van der Waals surface area (Å²) in [6.07, 6.45) is 5.72. The smallest absolute Gasteiger partial charge is 0.309 e. The number of hydrogen-bond acceptors (Lipinski definition) is 2. The Morgan fingerprint density at radius 1 is 0.857 bits per heavy atom. The Bertz CT molecular complexity index is 669. The summed E-state index contributed by atoms with van der Waals surface area (Å²) in [5.41, 5.74) is 0.746. The van der Waals surface area contributed by atoms with Crippen molar-refractivity contribution in [1.82, 2.24) is 0 Å². The standard InChI is InChI=1S/C24H38O4/c1-7-24(8-2,23(5,6)21(27)28)16-14-19-12-9-11-18(17-19)13-10-15-22(3,4)20(25)26/h9,11-12,17H,7-8,10,13-16H2,1-6H3,(H,25,26)(H,27,28). The van der Waals surface area contributed by atoms with Crippen LogP contribution < -0.4 is 0 Å². The zero-order chi connectivity index (χ0) is 21.6. The lowest BCUT2D eigenvalue weighted by Gasteiger charge is -2.43. The summed E-state index contributed by atoms with van der Waals surface area (Å²) in [4.78, 5) is 23.1. The van der Waals surface area contributed by atoms with Gasteiger partial charge in [-0.1, -0.05) is 38.1 Å². The maximum atomic E-state index is 11.9. The van der Waals surface area contributed by atoms with Gasteiger partial charge in [-0.2, -0.15) is 0 Å². The van der Waals surface area contributed by atoms with Crippen molar-refractivity contribution in [3.63, 3.8) is 0 Å². The molecule has 0 unspecified atom stereocenters. The largest absolute Gasteiger partial charge is 0.481 e. The average molecular weight is 391 g/mol. The molecule has 0 atom stereocenters. The highest BCUT2D eigenvalue weighted by atomic mass is 16.4. The highest BCUT2D eigenvalue weighted by molar-refractivity contribution is 5.75. The van der Waals surface area contributed by atoms with Crippen LogP contribution in [0.2, 0.25) is 0 Å². The second-order valence-corrected chi connectivity index (χ2v) is 9.28. The molecule has 0 aromatic heterocycles. The van der Waals surface area contributed by atoms with E-state index in [1.165, 1.54) is 11.1 Å². The van der Waals surface area contributed by atoms with Crippen LogP contribution in [0.25, 0.3) is 0 Å². The van der Waals surface area contributed by atoms with E-state index in [1.54, 1.807) is 13.8 Å². The first-order valence-electron chi connectivity index (χ1n) is 10.5. The topological polar surface area (TPSA) is 74.6 Å². The minimum atomic E-state index is -0.767. The molecule has 28 heavy (non-hydrogen) atoms. The summed E-state index contributed by atoms with van der Waals surface area (Å²) in [6, 6.07) is 8.44. The van der Waals surface area contributed by atoms with E-state index in [0.717, 1.165) is 38.5 Å². The molecule has 0 fully saturated rings. The minimum absolute atomic E-state index is 0.236. The zero-order valence-electron chi connectivity index (χ0n) is 18.5. The van der Waals surface area contributed by atoms with E-state index in [1.807, 2.05) is 13.8 Å². The Labute approximate surface area is 170 Å². The first-order chi connectivity index (χ1) is 12.9. The molecule has 1 aromatic rings. The summed E-state index contributed by atoms with van der Waals surface area (Å²) >= 11 is 0. The lowest BCUT2D eigenvalue weighted by Crippen LogP contribution is -2.43. The van der Waals surface area contributed by atoms with Crippen LogP contribution in [-0.4, -0.2) is 22.2 Å². The maximum Gasteiger partial charge on any atom is 0.309 e. The highest BCUT2D eigenvalue weighted by Gasteiger charge is 2.47. The normalized spacial score (nSPS) is 12.8. The summed E-state index contributed by atoms with van der Waals surface area (Å²) in [5.74, 6) is -1.48. The average Bonchev–Trinajstić information content (AvgIpc) is 2.62. The molecule has 4 nitrogen and oxygen atoms in total. The molecule has 2 N–H and O–H groups in total. The van der Waals surface area contributed by atoms with Crippen molar-refractivity contribution < 1.29 is 19.8 Å². The fraction of sp³-hybridized carbons (Fsp3) is 0.667. The highest BCUT2D eigenvalue weighted by Crippen LogP contribution is 2.48. The van der Waals surface area contributed by atoms with E-state index in [-0.39, 0.29) is 5.41 Å². The zero-order valence-corrected chi connectivity index (χ0v) is 18.5. The fourth-order valence-corrected chi connectivity index (χ4v) is 4.19. The number of rotatable bonds is 12. The second-order valence-electron chi connectivity index (χ2n) is 9.28. The van der Waals surface area contributed by atoms with Crippen LogP contribution in [0.5, 0.6) is 0 Å². The van der Waals surface area contributed by atoms with Gasteiger partial charge in [0.1, 0.15) is 0 Å². The van der Waals surface area contributed by atoms with E-state index in [2.05, 4.69) is 38.1 Å². The first-order valence-corrected chi connectivity index (χ1v) is 10.5. The Morgan fingerprint density at radius 3 is 1.86 bits per heavy atom. The molecular formula is C24H38O4. The Morgan fingerprint density at radius 2 is 1.39 bits per heavy atom. The first kappa shape index (κ1) is 24.2. The summed E-state index contributed by atoms with van der Waals surface area (Å²) in [7, 11) is 0. The number of hydrogen-bond donors (Lipinski definition) is 2. The van der Waals surface area contributed by atoms with Crippen LogP contribution in [0.4, 0.5) is 0 Å². The fourth-order valence-electron chi connectivity index (χ4n) is 4.19. The number of carboxylic acids is 2. The Hall–Kier alpha value is -1.84. The molecule has 0 spiro atoms. The predicted molar refractivity (Wildman–Crippen MR) is 114 cm³/mol. The van der Waals surface area contributed by atoms with E-state index in [4.69, 9.17) is 0 Å². The van der Waals surface area contributed by atoms with Gasteiger partial charge in [0.2, 0.25) is 0 Å². The number of carboxylic acid groups (broad SMARTS) is 2. The second kappa shape index (κ2) is 9.58. The van der Waals surface area contributed by atoms with Gasteiger partial charge in [0.05, 0.1) is 10.8 Å². The predicted octanol–water partition coefficient (Wildman–Crippen LogP) is 5.97. The van der Waals surface area contributed by atoms with Crippen molar-refractivity contribution in [2.75, 3.05) is 0 Å². The minimum Gasteiger partial charge on any atom is -0.481 e. The van der Waals surface area contributed by atoms with E-state index < -0.39 is 22.8 Å². The SMILES string of the molecule is CCC(CC)(CCc1cccc(CCCC(C)(C)C(=O)O)c1)C(C)(C)C(=O)O. The summed E-state index contributed by atoms with van der Waals surface area (Å²) in [6.45, 7) is 11.4. The van der Waals surface area contributed by atoms with Gasteiger partial charge in [0.15, 0.2) is 0 Å². The van der Waals surface area contributed by atoms with E-state index in [9.17, 15) is 19.8 Å². The van der Waals surface area contributed by atoms with Crippen molar-refractivity contribution in [2.45, 2.75) is 86.5 Å². The van der Waals surface area contributed by atoms with Gasteiger partial charge >= 0.3 is 11.9 Å². The van der Waals surface area contributed by atoms with Crippen molar-refractivity contribution in [2.24, 2.45) is 16.2 Å². The van der Waals surface area contributed by atoms with Gasteiger partial charge in [-0.15, -0.1) is 0 Å². The molecule has 1 aromatic carbocycles. The third-order valence-electron chi connectivity index (χ3n) is 6.94. The molecule has 0 saturated heterocycles. The number of aliphatic carboxylic acids is 2. The number of carbonyl (C=O) groups is 2. The Kier molecular flexibility index (Phi) is 8.28. The lowest BCUT2D eigenvalue weighted by molar-refractivity contribution is -0.156. The van der Waals surface area contributed by atoms with Crippen LogP contribution in [0.15, 0.2) is 24.3 Å². The van der Waals surface area contributed by atoms with Gasteiger partial charge in [0.25, 0.3) is 0 Å². The molecule has 158 valence electrons. The number of aryl methyl sites for hydroxylation is 2. The quantitative estimate of drug-likeness (QED) is 0.461. The van der Waals surface area contributed by atoms with Crippen LogP contribution in [-0.2, 0) is 22.4 Å². The molecule has 0 aliphatic carbocycles. The van der Waals surface area contributed by atoms with Gasteiger partial charge in [0, 0.05) is 0 Å². The van der Waals surface area contributed by atoms with Crippen molar-refractivity contribution in [1.29, 1.82) is 0 Å². The molecule has 1 rings (SSSR count). The van der Waals surface area contributed by atoms with Crippen LogP contribution >= 0.6 is 0 Å². The molecule has 0 heterocycles. The molecule has 0 aliphatic rings. The van der Waals surface area contributed by atoms with Crippen molar-refractivity contribution in [3.8, 4) is 0 Å². The monoisotopic (exact) mass is 390 g/mol. The van der Waals surface area contributed by atoms with Crippen molar-refractivity contribution in [3.05, 3.63) is 35.4 Å². The summed E-state index contributed by atoms with van der Waals surface area (Å²) in [5, 5.41) is 19.0. The van der Waals surface area contributed by atoms with E-state index in [0.29, 0.717) is 6.42 Å². The van der Waals surface area contributed by atoms with Gasteiger partial charge in [-0.05, 0) is 89.2 Å². The molecule has 0 aliphatic heterocycles. The molecular weight excluding hydrogens is 352 g/mol. The molecule has 4 heteroatoms. The van der Waals surface area contributed by atoms with Gasteiger partial charge in [-0.3, -0.25) is 9.59 Å². The molecule has 0 amide bonds. The molecule has 0 bridgehead atoms. The molecule has 0 radical (unpaired) electrons. The third kappa shape index (κ3) is 5.59. The Balaban J connectivity index is 2.81. The van der Waals surface area contributed by atoms with Gasteiger partial charge < -0.3 is 10.2 Å². The van der Waals surface area contributed by atoms with Crippen LogP contribution in [0.1, 0.15) is 84.8 Å². The lowest BCUT2D eigenvalue weighted by atomic mass is 9.60. The maximum absolute atomic E-state index is 11.9. The summed E-state index contributed by atoms with van der Waals surface area (Å²) < 4.78 is 0. The third-order valence-corrected chi connectivity index (χ3v) is 6.94.